The van der Waals surface area contributed by atoms with Gasteiger partial charge in [0.1, 0.15) is 6.04 Å². The number of anilines is 1. The molecular weight excluding hydrogens is 270 g/mol. The lowest BCUT2D eigenvalue weighted by molar-refractivity contribution is -0.120. The van der Waals surface area contributed by atoms with E-state index in [-0.39, 0.29) is 17.9 Å². The van der Waals surface area contributed by atoms with Crippen molar-refractivity contribution in [3.8, 4) is 0 Å². The molecule has 1 atom stereocenters. The van der Waals surface area contributed by atoms with Gasteiger partial charge in [-0.15, -0.1) is 0 Å². The van der Waals surface area contributed by atoms with Crippen LogP contribution >= 0.6 is 0 Å². The van der Waals surface area contributed by atoms with E-state index in [0.717, 1.165) is 5.56 Å². The lowest BCUT2D eigenvalue weighted by Crippen LogP contribution is -2.48. The van der Waals surface area contributed by atoms with Crippen molar-refractivity contribution in [2.45, 2.75) is 13.0 Å². The molecule has 1 aliphatic heterocycles. The van der Waals surface area contributed by atoms with Crippen LogP contribution in [0.3, 0.4) is 0 Å². The van der Waals surface area contributed by atoms with Crippen LogP contribution in [-0.2, 0) is 9.53 Å². The minimum Gasteiger partial charge on any atom is -0.378 e. The fourth-order valence-corrected chi connectivity index (χ4v) is 2.19. The number of hydrogen-bond donors (Lipinski definition) is 2. The molecule has 1 fully saturated rings. The second kappa shape index (κ2) is 6.69. The second-order valence-electron chi connectivity index (χ2n) is 5.30. The highest BCUT2D eigenvalue weighted by Crippen LogP contribution is 2.16. The molecule has 1 unspecified atom stereocenters. The van der Waals surface area contributed by atoms with E-state index in [1.54, 1.807) is 32.3 Å². The predicted molar refractivity (Wildman–Crippen MR) is 80.4 cm³/mol. The zero-order chi connectivity index (χ0) is 15.4. The Kier molecular flexibility index (Phi) is 4.93. The highest BCUT2D eigenvalue weighted by molar-refractivity contribution is 5.98. The average Bonchev–Trinajstić information content (AvgIpc) is 2.47. The molecule has 2 amide bonds. The Morgan fingerprint density at radius 1 is 1.38 bits per heavy atom. The Balaban J connectivity index is 2.06. The van der Waals surface area contributed by atoms with Crippen LogP contribution in [0.4, 0.5) is 5.69 Å². The lowest BCUT2D eigenvalue weighted by atomic mass is 10.1. The van der Waals surface area contributed by atoms with Gasteiger partial charge in [0.25, 0.3) is 5.91 Å². The first kappa shape index (κ1) is 15.5. The molecule has 21 heavy (non-hydrogen) atoms. The van der Waals surface area contributed by atoms with E-state index >= 15 is 0 Å². The summed E-state index contributed by atoms with van der Waals surface area (Å²) < 4.78 is 5.27. The monoisotopic (exact) mass is 291 g/mol. The number of carbonyl (C=O) groups excluding carboxylic acids is 2. The molecule has 0 bridgehead atoms. The molecule has 0 radical (unpaired) electrons. The maximum absolute atomic E-state index is 12.1. The Bertz CT molecular complexity index is 537. The van der Waals surface area contributed by atoms with E-state index in [4.69, 9.17) is 4.74 Å². The molecule has 2 rings (SSSR count). The summed E-state index contributed by atoms with van der Waals surface area (Å²) in [5.74, 6) is -0.173. The summed E-state index contributed by atoms with van der Waals surface area (Å²) in [4.78, 5) is 25.6. The molecule has 0 aromatic heterocycles. The molecule has 1 aromatic rings. The van der Waals surface area contributed by atoms with E-state index in [1.165, 1.54) is 4.90 Å². The van der Waals surface area contributed by atoms with Gasteiger partial charge in [0.05, 0.1) is 13.2 Å². The third kappa shape index (κ3) is 3.80. The fraction of sp³-hybridized carbons (Fsp3) is 0.467. The van der Waals surface area contributed by atoms with E-state index in [1.807, 2.05) is 6.92 Å². The first-order valence-corrected chi connectivity index (χ1v) is 6.93. The minimum atomic E-state index is -0.331. The number of nitrogens with one attached hydrogen (secondary N) is 2. The van der Waals surface area contributed by atoms with Gasteiger partial charge in [-0.05, 0) is 30.7 Å². The average molecular weight is 291 g/mol. The van der Waals surface area contributed by atoms with Crippen molar-refractivity contribution in [2.75, 3.05) is 39.2 Å². The first-order chi connectivity index (χ1) is 9.99. The standard InChI is InChI=1S/C15H21N3O3/c1-10-8-11(4-5-12(10)15(20)18(2)3)17-14(19)13-9-21-7-6-16-13/h4-5,8,13,16H,6-7,9H2,1-3H3,(H,17,19). The molecular formula is C15H21N3O3. The van der Waals surface area contributed by atoms with E-state index in [2.05, 4.69) is 10.6 Å². The van der Waals surface area contributed by atoms with Crippen LogP contribution in [0, 0.1) is 6.92 Å². The van der Waals surface area contributed by atoms with Crippen molar-refractivity contribution in [3.05, 3.63) is 29.3 Å². The van der Waals surface area contributed by atoms with Crippen molar-refractivity contribution in [1.29, 1.82) is 0 Å². The summed E-state index contributed by atoms with van der Waals surface area (Å²) in [5, 5.41) is 5.94. The first-order valence-electron chi connectivity index (χ1n) is 6.93. The number of nitrogens with zero attached hydrogens (tertiary/aromatic N) is 1. The Hall–Kier alpha value is -1.92. The van der Waals surface area contributed by atoms with Gasteiger partial charge in [0.15, 0.2) is 0 Å². The van der Waals surface area contributed by atoms with Crippen molar-refractivity contribution in [3.63, 3.8) is 0 Å². The third-order valence-electron chi connectivity index (χ3n) is 3.37. The zero-order valence-electron chi connectivity index (χ0n) is 12.6. The molecule has 2 N–H and O–H groups in total. The van der Waals surface area contributed by atoms with Crippen molar-refractivity contribution < 1.29 is 14.3 Å². The van der Waals surface area contributed by atoms with Crippen molar-refractivity contribution in [2.24, 2.45) is 0 Å². The van der Waals surface area contributed by atoms with Gasteiger partial charge in [-0.2, -0.15) is 0 Å². The van der Waals surface area contributed by atoms with Crippen LogP contribution in [0.2, 0.25) is 0 Å². The molecule has 6 nitrogen and oxygen atoms in total. The molecule has 1 aliphatic rings. The van der Waals surface area contributed by atoms with Gasteiger partial charge < -0.3 is 20.3 Å². The second-order valence-corrected chi connectivity index (χ2v) is 5.30. The van der Waals surface area contributed by atoms with Gasteiger partial charge in [-0.3, -0.25) is 9.59 Å². The Morgan fingerprint density at radius 2 is 2.14 bits per heavy atom. The van der Waals surface area contributed by atoms with Crippen molar-refractivity contribution >= 4 is 17.5 Å². The maximum atomic E-state index is 12.1. The summed E-state index contributed by atoms with van der Waals surface area (Å²) >= 11 is 0. The van der Waals surface area contributed by atoms with Crippen LogP contribution in [0.5, 0.6) is 0 Å². The Labute approximate surface area is 124 Å². The molecule has 1 aromatic carbocycles. The lowest BCUT2D eigenvalue weighted by Gasteiger charge is -2.23. The summed E-state index contributed by atoms with van der Waals surface area (Å²) in [7, 11) is 3.43. The topological polar surface area (TPSA) is 70.7 Å². The van der Waals surface area contributed by atoms with Crippen molar-refractivity contribution in [1.82, 2.24) is 10.2 Å². The predicted octanol–water partition coefficient (Wildman–Crippen LogP) is 0.624. The molecule has 1 saturated heterocycles. The molecule has 1 heterocycles. The summed E-state index contributed by atoms with van der Waals surface area (Å²) in [6, 6.07) is 4.95. The summed E-state index contributed by atoms with van der Waals surface area (Å²) in [5.41, 5.74) is 2.15. The molecule has 0 saturated carbocycles. The third-order valence-corrected chi connectivity index (χ3v) is 3.37. The number of rotatable bonds is 3. The zero-order valence-corrected chi connectivity index (χ0v) is 12.6. The molecule has 6 heteroatoms. The highest BCUT2D eigenvalue weighted by Gasteiger charge is 2.21. The van der Waals surface area contributed by atoms with Gasteiger partial charge >= 0.3 is 0 Å². The molecule has 0 spiro atoms. The van der Waals surface area contributed by atoms with E-state index in [0.29, 0.717) is 31.0 Å². The number of carbonyl (C=O) groups is 2. The van der Waals surface area contributed by atoms with Crippen LogP contribution in [0.25, 0.3) is 0 Å². The quantitative estimate of drug-likeness (QED) is 0.856. The largest absolute Gasteiger partial charge is 0.378 e. The maximum Gasteiger partial charge on any atom is 0.253 e. The van der Waals surface area contributed by atoms with Gasteiger partial charge in [0.2, 0.25) is 5.91 Å². The number of hydrogen-bond acceptors (Lipinski definition) is 4. The number of amides is 2. The SMILES string of the molecule is Cc1cc(NC(=O)C2COCCN2)ccc1C(=O)N(C)C. The van der Waals surface area contributed by atoms with Gasteiger partial charge in [0, 0.05) is 31.9 Å². The normalized spacial score (nSPS) is 18.1. The van der Waals surface area contributed by atoms with Gasteiger partial charge in [-0.25, -0.2) is 0 Å². The van der Waals surface area contributed by atoms with Crippen LogP contribution in [0.15, 0.2) is 18.2 Å². The number of aryl methyl sites for hydroxylation is 1. The molecule has 0 aliphatic carbocycles. The highest BCUT2D eigenvalue weighted by atomic mass is 16.5. The molecule has 114 valence electrons. The van der Waals surface area contributed by atoms with Crippen LogP contribution in [-0.4, -0.2) is 56.6 Å². The number of ether oxygens (including phenoxy) is 1. The van der Waals surface area contributed by atoms with Gasteiger partial charge in [-0.1, -0.05) is 0 Å². The van der Waals surface area contributed by atoms with Crippen LogP contribution in [0.1, 0.15) is 15.9 Å². The fourth-order valence-electron chi connectivity index (χ4n) is 2.19. The smallest absolute Gasteiger partial charge is 0.253 e. The number of benzene rings is 1. The number of morpholine rings is 1. The van der Waals surface area contributed by atoms with E-state index < -0.39 is 0 Å². The van der Waals surface area contributed by atoms with Crippen LogP contribution < -0.4 is 10.6 Å². The summed E-state index contributed by atoms with van der Waals surface area (Å²) in [6.45, 7) is 3.54. The van der Waals surface area contributed by atoms with E-state index in [9.17, 15) is 9.59 Å². The summed E-state index contributed by atoms with van der Waals surface area (Å²) in [6.07, 6.45) is 0. The Morgan fingerprint density at radius 3 is 2.71 bits per heavy atom. The minimum absolute atomic E-state index is 0.0484.